The Balaban J connectivity index is 1.66. The first-order chi connectivity index (χ1) is 17.0. The van der Waals surface area contributed by atoms with Crippen LogP contribution < -0.4 is 10.6 Å². The number of carbonyl (C=O) groups is 1. The van der Waals surface area contributed by atoms with Crippen LogP contribution in [0.5, 0.6) is 0 Å². The van der Waals surface area contributed by atoms with E-state index in [2.05, 4.69) is 17.0 Å². The number of nitrogens with two attached hydrogens (primary N) is 1. The fourth-order valence-corrected chi connectivity index (χ4v) is 6.56. The van der Waals surface area contributed by atoms with Crippen molar-refractivity contribution in [3.05, 3.63) is 52.6 Å². The molecule has 1 amide bonds. The standard InChI is InChI=1S/C27H30FN5OS/c1-2-21-22(15-29)26(33-12-10-17(11-13-33)19-8-9-20(28)14-19)32-27(23(21)16-30)35-24(25(31)34)18-6-4-3-5-7-18/h3-7,17,19-20,24H,2,8-14H2,1H3,(H2,31,34)/t19?,20-,24?/m1/s1. The maximum atomic E-state index is 13.7. The van der Waals surface area contributed by atoms with E-state index in [4.69, 9.17) is 10.7 Å². The number of alkyl halides is 1. The number of benzene rings is 1. The largest absolute Gasteiger partial charge is 0.368 e. The molecule has 2 N–H and O–H groups in total. The number of hydrogen-bond donors (Lipinski definition) is 1. The summed E-state index contributed by atoms with van der Waals surface area (Å²) in [5.41, 5.74) is 7.88. The topological polar surface area (TPSA) is 107 Å². The highest BCUT2D eigenvalue weighted by Crippen LogP contribution is 2.42. The van der Waals surface area contributed by atoms with E-state index >= 15 is 0 Å². The van der Waals surface area contributed by atoms with E-state index in [0.717, 1.165) is 49.7 Å². The monoisotopic (exact) mass is 491 g/mol. The van der Waals surface area contributed by atoms with Crippen LogP contribution in [0.3, 0.4) is 0 Å². The number of amides is 1. The van der Waals surface area contributed by atoms with Crippen molar-refractivity contribution in [2.75, 3.05) is 18.0 Å². The Morgan fingerprint density at radius 2 is 1.83 bits per heavy atom. The van der Waals surface area contributed by atoms with Crippen molar-refractivity contribution in [3.8, 4) is 12.1 Å². The number of thioether (sulfide) groups is 1. The second kappa shape index (κ2) is 11.1. The van der Waals surface area contributed by atoms with Crippen LogP contribution in [-0.4, -0.2) is 30.2 Å². The zero-order chi connectivity index (χ0) is 24.9. The molecule has 4 rings (SSSR count). The van der Waals surface area contributed by atoms with Gasteiger partial charge in [-0.1, -0.05) is 49.0 Å². The summed E-state index contributed by atoms with van der Waals surface area (Å²) in [4.78, 5) is 19.3. The molecule has 1 aliphatic heterocycles. The van der Waals surface area contributed by atoms with Crippen molar-refractivity contribution >= 4 is 23.5 Å². The summed E-state index contributed by atoms with van der Waals surface area (Å²) < 4.78 is 13.7. The number of pyridine rings is 1. The van der Waals surface area contributed by atoms with Crippen molar-refractivity contribution in [2.24, 2.45) is 17.6 Å². The quantitative estimate of drug-likeness (QED) is 0.543. The minimum absolute atomic E-state index is 0.329. The molecule has 2 heterocycles. The van der Waals surface area contributed by atoms with Crippen molar-refractivity contribution in [1.82, 2.24) is 4.98 Å². The lowest BCUT2D eigenvalue weighted by Crippen LogP contribution is -2.37. The smallest absolute Gasteiger partial charge is 0.235 e. The molecule has 2 aromatic rings. The molecular formula is C27H30FN5OS. The van der Waals surface area contributed by atoms with Gasteiger partial charge in [-0.3, -0.25) is 4.79 Å². The highest BCUT2D eigenvalue weighted by Gasteiger charge is 2.34. The fraction of sp³-hybridized carbons (Fsp3) is 0.481. The normalized spacial score (nSPS) is 21.3. The predicted octanol–water partition coefficient (Wildman–Crippen LogP) is 5.06. The highest BCUT2D eigenvalue weighted by atomic mass is 32.2. The number of primary amides is 1. The molecule has 0 spiro atoms. The van der Waals surface area contributed by atoms with E-state index < -0.39 is 17.3 Å². The molecule has 2 unspecified atom stereocenters. The molecule has 1 saturated heterocycles. The SMILES string of the molecule is CCc1c(C#N)c(SC(C(N)=O)c2ccccc2)nc(N2CCC(C3CC[C@@H](F)C3)CC2)c1C#N. The summed E-state index contributed by atoms with van der Waals surface area (Å²) in [6, 6.07) is 13.7. The van der Waals surface area contributed by atoms with E-state index in [0.29, 0.717) is 58.6 Å². The summed E-state index contributed by atoms with van der Waals surface area (Å²) in [6.07, 6.45) is 3.99. The Kier molecular flexibility index (Phi) is 7.93. The Morgan fingerprint density at radius 1 is 1.14 bits per heavy atom. The van der Waals surface area contributed by atoms with Crippen molar-refractivity contribution < 1.29 is 9.18 Å². The number of anilines is 1. The van der Waals surface area contributed by atoms with E-state index in [1.54, 1.807) is 0 Å². The molecule has 6 nitrogen and oxygen atoms in total. The maximum absolute atomic E-state index is 13.7. The van der Waals surface area contributed by atoms with Gasteiger partial charge in [0.2, 0.25) is 5.91 Å². The molecule has 1 aromatic carbocycles. The molecule has 182 valence electrons. The molecule has 2 fully saturated rings. The zero-order valence-electron chi connectivity index (χ0n) is 19.9. The van der Waals surface area contributed by atoms with Gasteiger partial charge >= 0.3 is 0 Å². The van der Waals surface area contributed by atoms with Crippen LogP contribution in [0.4, 0.5) is 10.2 Å². The highest BCUT2D eigenvalue weighted by molar-refractivity contribution is 8.00. The van der Waals surface area contributed by atoms with Gasteiger partial charge in [0.15, 0.2) is 0 Å². The first kappa shape index (κ1) is 25.0. The van der Waals surface area contributed by atoms with Gasteiger partial charge in [-0.05, 0) is 61.5 Å². The average Bonchev–Trinajstić information content (AvgIpc) is 3.32. The predicted molar refractivity (Wildman–Crippen MR) is 134 cm³/mol. The van der Waals surface area contributed by atoms with Gasteiger partial charge in [-0.2, -0.15) is 10.5 Å². The Labute approximate surface area is 210 Å². The van der Waals surface area contributed by atoms with Gasteiger partial charge in [0, 0.05) is 13.1 Å². The lowest BCUT2D eigenvalue weighted by molar-refractivity contribution is -0.117. The van der Waals surface area contributed by atoms with Gasteiger partial charge in [0.05, 0.1) is 11.1 Å². The summed E-state index contributed by atoms with van der Waals surface area (Å²) in [7, 11) is 0. The second-order valence-corrected chi connectivity index (χ2v) is 10.4. The molecule has 0 bridgehead atoms. The second-order valence-electron chi connectivity index (χ2n) is 9.35. The van der Waals surface area contributed by atoms with Gasteiger partial charge in [-0.25, -0.2) is 9.37 Å². The summed E-state index contributed by atoms with van der Waals surface area (Å²) in [5.74, 6) is 0.985. The van der Waals surface area contributed by atoms with Crippen molar-refractivity contribution in [2.45, 2.75) is 61.9 Å². The number of carbonyl (C=O) groups excluding carboxylic acids is 1. The van der Waals surface area contributed by atoms with Crippen LogP contribution in [-0.2, 0) is 11.2 Å². The van der Waals surface area contributed by atoms with Gasteiger partial charge < -0.3 is 10.6 Å². The number of piperidine rings is 1. The molecule has 1 aliphatic carbocycles. The van der Waals surface area contributed by atoms with Crippen LogP contribution in [0.2, 0.25) is 0 Å². The van der Waals surface area contributed by atoms with Crippen LogP contribution in [0, 0.1) is 34.5 Å². The summed E-state index contributed by atoms with van der Waals surface area (Å²) in [6.45, 7) is 3.38. The van der Waals surface area contributed by atoms with Crippen LogP contribution in [0.1, 0.15) is 66.5 Å². The zero-order valence-corrected chi connectivity index (χ0v) is 20.7. The van der Waals surface area contributed by atoms with Gasteiger partial charge in [-0.15, -0.1) is 0 Å². The maximum Gasteiger partial charge on any atom is 0.235 e. The minimum atomic E-state index is -0.706. The van der Waals surface area contributed by atoms with E-state index in [1.807, 2.05) is 37.3 Å². The fourth-order valence-electron chi connectivity index (χ4n) is 5.50. The summed E-state index contributed by atoms with van der Waals surface area (Å²) >= 11 is 1.16. The molecule has 0 radical (unpaired) electrons. The third-order valence-corrected chi connectivity index (χ3v) is 8.59. The minimum Gasteiger partial charge on any atom is -0.368 e. The number of nitriles is 2. The Bertz CT molecular complexity index is 1150. The Morgan fingerprint density at radius 3 is 2.37 bits per heavy atom. The third-order valence-electron chi connectivity index (χ3n) is 7.33. The van der Waals surface area contributed by atoms with Gasteiger partial charge in [0.1, 0.15) is 34.4 Å². The number of rotatable bonds is 7. The third kappa shape index (κ3) is 5.28. The van der Waals surface area contributed by atoms with E-state index in [-0.39, 0.29) is 0 Å². The molecular weight excluding hydrogens is 461 g/mol. The molecule has 8 heteroatoms. The molecule has 1 aromatic heterocycles. The van der Waals surface area contributed by atoms with Crippen molar-refractivity contribution in [1.29, 1.82) is 10.5 Å². The Hall–Kier alpha value is -3.10. The lowest BCUT2D eigenvalue weighted by Gasteiger charge is -2.36. The lowest BCUT2D eigenvalue weighted by atomic mass is 9.83. The van der Waals surface area contributed by atoms with E-state index in [1.165, 1.54) is 0 Å². The van der Waals surface area contributed by atoms with Crippen LogP contribution in [0.15, 0.2) is 35.4 Å². The van der Waals surface area contributed by atoms with Crippen LogP contribution in [0.25, 0.3) is 0 Å². The number of hydrogen-bond acceptors (Lipinski definition) is 6. The van der Waals surface area contributed by atoms with Gasteiger partial charge in [0.25, 0.3) is 0 Å². The van der Waals surface area contributed by atoms with E-state index in [9.17, 15) is 19.7 Å². The summed E-state index contributed by atoms with van der Waals surface area (Å²) in [5, 5.41) is 19.7. The number of nitrogens with zero attached hydrogens (tertiary/aromatic N) is 4. The molecule has 35 heavy (non-hydrogen) atoms. The molecule has 3 atom stereocenters. The van der Waals surface area contributed by atoms with Crippen molar-refractivity contribution in [3.63, 3.8) is 0 Å². The first-order valence-corrected chi connectivity index (χ1v) is 13.1. The molecule has 1 saturated carbocycles. The molecule has 2 aliphatic rings. The average molecular weight is 492 g/mol. The first-order valence-electron chi connectivity index (χ1n) is 12.2. The number of aromatic nitrogens is 1. The number of halogens is 1. The van der Waals surface area contributed by atoms with Crippen LogP contribution >= 0.6 is 11.8 Å².